The maximum atomic E-state index is 9.52. The van der Waals surface area contributed by atoms with Crippen molar-refractivity contribution in [2.45, 2.75) is 0 Å². The largest absolute Gasteiger partial charge is 0.0629 e. The van der Waals surface area contributed by atoms with Crippen LogP contribution >= 0.6 is 0 Å². The second-order valence-corrected chi connectivity index (χ2v) is 12.1. The second kappa shape index (κ2) is 11.8. The van der Waals surface area contributed by atoms with Crippen molar-refractivity contribution in [1.29, 1.82) is 0 Å². The first-order valence-corrected chi connectivity index (χ1v) is 16.3. The highest BCUT2D eigenvalue weighted by atomic mass is 14.2. The number of rotatable bonds is 5. The molecule has 0 fully saturated rings. The van der Waals surface area contributed by atoms with Gasteiger partial charge < -0.3 is 0 Å². The van der Waals surface area contributed by atoms with Gasteiger partial charge in [0.15, 0.2) is 0 Å². The van der Waals surface area contributed by atoms with Gasteiger partial charge in [0.2, 0.25) is 0 Å². The Balaban J connectivity index is 1.39. The van der Waals surface area contributed by atoms with Crippen LogP contribution in [0.3, 0.4) is 0 Å². The summed E-state index contributed by atoms with van der Waals surface area (Å²) in [4.78, 5) is 0. The van der Waals surface area contributed by atoms with E-state index in [1.54, 1.807) is 0 Å². The van der Waals surface area contributed by atoms with Crippen molar-refractivity contribution in [2.24, 2.45) is 0 Å². The highest BCUT2D eigenvalue weighted by molar-refractivity contribution is 6.23. The molecule has 0 N–H and O–H groups in total. The van der Waals surface area contributed by atoms with E-state index in [-0.39, 0.29) is 24.2 Å². The molecule has 48 heavy (non-hydrogen) atoms. The van der Waals surface area contributed by atoms with Gasteiger partial charge in [0.25, 0.3) is 0 Å². The van der Waals surface area contributed by atoms with E-state index in [9.17, 15) is 2.74 Å². The fourth-order valence-corrected chi connectivity index (χ4v) is 7.17. The molecule has 0 aliphatic heterocycles. The Morgan fingerprint density at radius 2 is 0.792 bits per heavy atom. The molecule has 0 aliphatic carbocycles. The zero-order chi connectivity index (χ0) is 35.3. The maximum absolute atomic E-state index is 9.52. The van der Waals surface area contributed by atoms with Crippen LogP contribution < -0.4 is 0 Å². The third-order valence-electron chi connectivity index (χ3n) is 9.39. The maximum Gasteiger partial charge on any atom is 0.0629 e. The molecule has 0 amide bonds. The van der Waals surface area contributed by atoms with Crippen LogP contribution in [0.15, 0.2) is 194 Å². The Kier molecular flexibility index (Phi) is 5.92. The zero-order valence-electron chi connectivity index (χ0n) is 30.2. The van der Waals surface area contributed by atoms with Gasteiger partial charge in [-0.15, -0.1) is 0 Å². The number of hydrogen-bond donors (Lipinski definition) is 0. The van der Waals surface area contributed by atoms with E-state index < -0.39 is 0 Å². The third kappa shape index (κ3) is 4.78. The van der Waals surface area contributed by atoms with E-state index in [1.165, 1.54) is 10.8 Å². The molecule has 224 valence electrons. The predicted octanol–water partition coefficient (Wildman–Crippen LogP) is 13.5. The zero-order valence-corrected chi connectivity index (χ0v) is 26.2. The van der Waals surface area contributed by atoms with Crippen molar-refractivity contribution in [3.05, 3.63) is 194 Å². The summed E-state index contributed by atoms with van der Waals surface area (Å²) in [5.74, 6) is 0. The molecule has 0 bridgehead atoms. The first-order chi connectivity index (χ1) is 25.5. The van der Waals surface area contributed by atoms with Crippen LogP contribution in [0, 0.1) is 0 Å². The Hall–Kier alpha value is -6.24. The van der Waals surface area contributed by atoms with Crippen LogP contribution in [0.2, 0.25) is 0 Å². The van der Waals surface area contributed by atoms with Crippen molar-refractivity contribution in [1.82, 2.24) is 0 Å². The van der Waals surface area contributed by atoms with Crippen LogP contribution in [0.4, 0.5) is 0 Å². The lowest BCUT2D eigenvalue weighted by molar-refractivity contribution is 1.58. The second-order valence-electron chi connectivity index (χ2n) is 12.1. The molecule has 0 radical (unpaired) electrons. The van der Waals surface area contributed by atoms with Gasteiger partial charge in [-0.3, -0.25) is 0 Å². The van der Waals surface area contributed by atoms with E-state index in [2.05, 4.69) is 115 Å². The molecule has 9 aromatic carbocycles. The predicted molar refractivity (Wildman–Crippen MR) is 206 cm³/mol. The van der Waals surface area contributed by atoms with Gasteiger partial charge in [0, 0.05) is 0 Å². The molecule has 0 unspecified atom stereocenters. The number of fused-ring (bicyclic) bond motifs is 3. The summed E-state index contributed by atoms with van der Waals surface area (Å²) >= 11 is 0. The molecule has 0 nitrogen and oxygen atoms in total. The molecule has 0 aliphatic rings. The minimum atomic E-state index is -0.245. The van der Waals surface area contributed by atoms with Gasteiger partial charge in [-0.25, -0.2) is 0 Å². The lowest BCUT2D eigenvalue weighted by Crippen LogP contribution is -1.95. The quantitative estimate of drug-likeness (QED) is 0.170. The van der Waals surface area contributed by atoms with Gasteiger partial charge in [-0.05, 0) is 94.0 Å². The smallest absolute Gasteiger partial charge is 0.0622 e. The molecule has 0 saturated heterocycles. The van der Waals surface area contributed by atoms with Gasteiger partial charge in [-0.2, -0.15) is 0 Å². The van der Waals surface area contributed by atoms with Crippen LogP contribution in [0.1, 0.15) is 5.48 Å². The molecule has 0 saturated carbocycles. The number of benzene rings is 9. The fraction of sp³-hybridized carbons (Fsp3) is 0. The van der Waals surface area contributed by atoms with Crippen LogP contribution in [-0.2, 0) is 0 Å². The molecular weight excluding hydrogens is 577 g/mol. The Bertz CT molecular complexity index is 2750. The number of hydrogen-bond acceptors (Lipinski definition) is 0. The van der Waals surface area contributed by atoms with Crippen LogP contribution in [0.25, 0.3) is 88.0 Å². The SMILES string of the molecule is [2H]c1c([2H])c([2H])c2c(-c3c(-c4ccccc4)cccc3-c3ccccc3)c3ccccc3c(-c3ccc(-c4ccc5ccccc5c4)cc3)c2c1[2H]. The molecule has 0 heteroatoms. The summed E-state index contributed by atoms with van der Waals surface area (Å²) in [7, 11) is 0. The molecular formula is C48H32. The highest BCUT2D eigenvalue weighted by Crippen LogP contribution is 2.49. The normalized spacial score (nSPS) is 12.5. The molecule has 0 aromatic heterocycles. The van der Waals surface area contributed by atoms with E-state index in [0.29, 0.717) is 10.8 Å². The summed E-state index contributed by atoms with van der Waals surface area (Å²) in [6.07, 6.45) is 0. The van der Waals surface area contributed by atoms with Crippen molar-refractivity contribution in [3.63, 3.8) is 0 Å². The topological polar surface area (TPSA) is 0 Å². The average molecular weight is 613 g/mol. The molecule has 9 aromatic rings. The summed E-state index contributed by atoms with van der Waals surface area (Å²) in [5, 5.41) is 5.25. The lowest BCUT2D eigenvalue weighted by atomic mass is 9.81. The standard InChI is InChI=1S/C48H32/c1-3-15-35(16-4-1)40-24-13-25-41(36-17-5-2-6-18-36)47(40)48-44-22-11-9-20-42(44)46(43-21-10-12-23-45(43)48)37-29-26-34(27-30-37)39-31-28-33-14-7-8-19-38(33)32-39/h1-32H/i9D,11D,20D,22D. The van der Waals surface area contributed by atoms with E-state index in [4.69, 9.17) is 2.74 Å². The summed E-state index contributed by atoms with van der Waals surface area (Å²) in [6.45, 7) is 0. The first kappa shape index (κ1) is 24.0. The minimum Gasteiger partial charge on any atom is -0.0622 e. The van der Waals surface area contributed by atoms with Gasteiger partial charge >= 0.3 is 0 Å². The van der Waals surface area contributed by atoms with E-state index >= 15 is 0 Å². The minimum absolute atomic E-state index is 0.0462. The van der Waals surface area contributed by atoms with Gasteiger partial charge in [0.05, 0.1) is 5.48 Å². The molecule has 9 rings (SSSR count). The lowest BCUT2D eigenvalue weighted by Gasteiger charge is -2.22. The highest BCUT2D eigenvalue weighted by Gasteiger charge is 2.21. The first-order valence-electron chi connectivity index (χ1n) is 18.3. The van der Waals surface area contributed by atoms with Crippen LogP contribution in [0.5, 0.6) is 0 Å². The van der Waals surface area contributed by atoms with Crippen molar-refractivity contribution >= 4 is 32.3 Å². The Morgan fingerprint density at radius 3 is 1.44 bits per heavy atom. The summed E-state index contributed by atoms with van der Waals surface area (Å²) < 4.78 is 36.8. The Morgan fingerprint density at radius 1 is 0.292 bits per heavy atom. The molecule has 0 heterocycles. The average Bonchev–Trinajstić information content (AvgIpc) is 3.21. The third-order valence-corrected chi connectivity index (χ3v) is 9.39. The Labute approximate surface area is 286 Å². The van der Waals surface area contributed by atoms with E-state index in [0.717, 1.165) is 66.4 Å². The van der Waals surface area contributed by atoms with E-state index in [1.807, 2.05) is 54.6 Å². The molecule has 0 spiro atoms. The van der Waals surface area contributed by atoms with Crippen LogP contribution in [-0.4, -0.2) is 0 Å². The van der Waals surface area contributed by atoms with Crippen molar-refractivity contribution < 1.29 is 5.48 Å². The molecule has 0 atom stereocenters. The van der Waals surface area contributed by atoms with Gasteiger partial charge in [0.1, 0.15) is 0 Å². The van der Waals surface area contributed by atoms with Crippen molar-refractivity contribution in [3.8, 4) is 55.6 Å². The summed E-state index contributed by atoms with van der Waals surface area (Å²) in [6, 6.07) is 57.6. The fourth-order valence-electron chi connectivity index (χ4n) is 7.17. The summed E-state index contributed by atoms with van der Waals surface area (Å²) in [5.41, 5.74) is 9.66. The van der Waals surface area contributed by atoms with Gasteiger partial charge in [-0.1, -0.05) is 188 Å². The van der Waals surface area contributed by atoms with Crippen molar-refractivity contribution in [2.75, 3.05) is 0 Å². The monoisotopic (exact) mass is 612 g/mol.